The van der Waals surface area contributed by atoms with Gasteiger partial charge in [-0.1, -0.05) is 11.6 Å². The zero-order valence-electron chi connectivity index (χ0n) is 17.1. The van der Waals surface area contributed by atoms with Crippen LogP contribution in [0.2, 0.25) is 5.02 Å². The molecule has 30 heavy (non-hydrogen) atoms. The van der Waals surface area contributed by atoms with Crippen LogP contribution in [0.1, 0.15) is 52.5 Å². The van der Waals surface area contributed by atoms with Crippen molar-refractivity contribution in [2.75, 3.05) is 23.4 Å². The SMILES string of the molecule is CC(C)(C)OC(=O)Nn1c(=O)c2cc(F)c(N3CCCC3)c(Cl)c2n(C2CC2)c1=O. The third kappa shape index (κ3) is 3.66. The van der Waals surface area contributed by atoms with Gasteiger partial charge in [0.2, 0.25) is 0 Å². The van der Waals surface area contributed by atoms with Crippen LogP contribution in [0.15, 0.2) is 15.7 Å². The number of anilines is 1. The lowest BCUT2D eigenvalue weighted by Crippen LogP contribution is -2.47. The van der Waals surface area contributed by atoms with Gasteiger partial charge < -0.3 is 9.64 Å². The Morgan fingerprint density at radius 3 is 2.43 bits per heavy atom. The molecule has 0 unspecified atom stereocenters. The number of benzene rings is 1. The lowest BCUT2D eigenvalue weighted by molar-refractivity contribution is 0.0610. The van der Waals surface area contributed by atoms with Crippen molar-refractivity contribution in [3.05, 3.63) is 37.7 Å². The molecule has 8 nitrogen and oxygen atoms in total. The van der Waals surface area contributed by atoms with E-state index in [9.17, 15) is 14.4 Å². The Morgan fingerprint density at radius 1 is 1.23 bits per heavy atom. The van der Waals surface area contributed by atoms with E-state index >= 15 is 4.39 Å². The minimum absolute atomic E-state index is 0.0532. The summed E-state index contributed by atoms with van der Waals surface area (Å²) in [5.41, 5.74) is 0.207. The molecule has 1 aliphatic heterocycles. The summed E-state index contributed by atoms with van der Waals surface area (Å²) in [6.45, 7) is 6.30. The van der Waals surface area contributed by atoms with E-state index in [-0.39, 0.29) is 27.7 Å². The monoisotopic (exact) mass is 438 g/mol. The van der Waals surface area contributed by atoms with Gasteiger partial charge in [-0.05, 0) is 52.5 Å². The summed E-state index contributed by atoms with van der Waals surface area (Å²) in [5.74, 6) is -0.628. The van der Waals surface area contributed by atoms with E-state index in [1.54, 1.807) is 20.8 Å². The Labute approximate surface area is 177 Å². The maximum atomic E-state index is 15.0. The van der Waals surface area contributed by atoms with E-state index < -0.39 is 28.8 Å². The van der Waals surface area contributed by atoms with Gasteiger partial charge in [0.05, 0.1) is 21.6 Å². The van der Waals surface area contributed by atoms with E-state index in [1.807, 2.05) is 4.90 Å². The van der Waals surface area contributed by atoms with Crippen LogP contribution in [0.5, 0.6) is 0 Å². The number of halogens is 2. The van der Waals surface area contributed by atoms with E-state index in [4.69, 9.17) is 16.3 Å². The number of carbonyl (C=O) groups is 1. The van der Waals surface area contributed by atoms with Gasteiger partial charge in [-0.15, -0.1) is 0 Å². The van der Waals surface area contributed by atoms with Crippen molar-refractivity contribution in [3.8, 4) is 0 Å². The zero-order chi connectivity index (χ0) is 21.8. The molecule has 10 heteroatoms. The third-order valence-corrected chi connectivity index (χ3v) is 5.53. The van der Waals surface area contributed by atoms with Crippen LogP contribution in [0.3, 0.4) is 0 Å². The van der Waals surface area contributed by atoms with Gasteiger partial charge in [-0.25, -0.2) is 19.4 Å². The molecule has 1 aliphatic carbocycles. The normalized spacial score (nSPS) is 16.9. The van der Waals surface area contributed by atoms with Crippen LogP contribution >= 0.6 is 11.6 Å². The van der Waals surface area contributed by atoms with E-state index in [0.29, 0.717) is 17.8 Å². The summed E-state index contributed by atoms with van der Waals surface area (Å²) in [7, 11) is 0. The Balaban J connectivity index is 1.92. The molecule has 1 amide bonds. The number of aromatic nitrogens is 2. The largest absolute Gasteiger partial charge is 0.443 e. The number of amides is 1. The van der Waals surface area contributed by atoms with Crippen molar-refractivity contribution in [1.82, 2.24) is 9.24 Å². The fourth-order valence-electron chi connectivity index (χ4n) is 3.80. The topological polar surface area (TPSA) is 85.6 Å². The Bertz CT molecular complexity index is 1140. The van der Waals surface area contributed by atoms with E-state index in [2.05, 4.69) is 5.43 Å². The first kappa shape index (κ1) is 20.7. The van der Waals surface area contributed by atoms with Crippen molar-refractivity contribution in [2.24, 2.45) is 0 Å². The average Bonchev–Trinajstić information content (AvgIpc) is 3.33. The molecule has 2 aromatic rings. The maximum absolute atomic E-state index is 15.0. The Kier molecular flexibility index (Phi) is 5.04. The highest BCUT2D eigenvalue weighted by atomic mass is 35.5. The lowest BCUT2D eigenvalue weighted by atomic mass is 10.2. The van der Waals surface area contributed by atoms with Crippen LogP contribution < -0.4 is 21.6 Å². The number of carbonyl (C=O) groups excluding carboxylic acids is 1. The lowest BCUT2D eigenvalue weighted by Gasteiger charge is -2.23. The summed E-state index contributed by atoms with van der Waals surface area (Å²) >= 11 is 6.59. The molecule has 1 saturated carbocycles. The second kappa shape index (κ2) is 7.30. The van der Waals surface area contributed by atoms with Crippen molar-refractivity contribution >= 4 is 34.3 Å². The van der Waals surface area contributed by atoms with Crippen molar-refractivity contribution in [3.63, 3.8) is 0 Å². The summed E-state index contributed by atoms with van der Waals surface area (Å²) in [6.07, 6.45) is 2.34. The van der Waals surface area contributed by atoms with Crippen LogP contribution in [-0.2, 0) is 4.74 Å². The number of hydrogen-bond donors (Lipinski definition) is 1. The molecule has 0 atom stereocenters. The molecule has 2 fully saturated rings. The van der Waals surface area contributed by atoms with Gasteiger partial charge in [0.25, 0.3) is 5.56 Å². The van der Waals surface area contributed by atoms with Crippen LogP contribution in [0, 0.1) is 5.82 Å². The molecule has 1 aromatic heterocycles. The van der Waals surface area contributed by atoms with Gasteiger partial charge in [0.15, 0.2) is 0 Å². The maximum Gasteiger partial charge on any atom is 0.427 e. The number of nitrogens with one attached hydrogen (secondary N) is 1. The molecular formula is C20H24ClFN4O4. The summed E-state index contributed by atoms with van der Waals surface area (Å²) in [4.78, 5) is 40.2. The average molecular weight is 439 g/mol. The molecular weight excluding hydrogens is 415 g/mol. The molecule has 1 saturated heterocycles. The predicted molar refractivity (Wildman–Crippen MR) is 113 cm³/mol. The van der Waals surface area contributed by atoms with Crippen LogP contribution in [-0.4, -0.2) is 34.0 Å². The molecule has 0 radical (unpaired) electrons. The summed E-state index contributed by atoms with van der Waals surface area (Å²) < 4.78 is 22.1. The molecule has 4 rings (SSSR count). The van der Waals surface area contributed by atoms with Gasteiger partial charge >= 0.3 is 11.8 Å². The second-order valence-electron chi connectivity index (χ2n) is 8.75. The minimum atomic E-state index is -0.955. The first-order valence-corrected chi connectivity index (χ1v) is 10.4. The molecule has 2 aliphatic rings. The highest BCUT2D eigenvalue weighted by Gasteiger charge is 2.32. The van der Waals surface area contributed by atoms with Gasteiger partial charge in [-0.2, -0.15) is 4.68 Å². The smallest absolute Gasteiger partial charge is 0.427 e. The molecule has 162 valence electrons. The summed E-state index contributed by atoms with van der Waals surface area (Å²) in [5, 5.41) is -0.0135. The first-order chi connectivity index (χ1) is 14.1. The molecule has 1 N–H and O–H groups in total. The van der Waals surface area contributed by atoms with E-state index in [0.717, 1.165) is 31.7 Å². The van der Waals surface area contributed by atoms with Crippen molar-refractivity contribution in [1.29, 1.82) is 0 Å². The fraction of sp³-hybridized carbons (Fsp3) is 0.550. The number of hydrogen-bond acceptors (Lipinski definition) is 5. The third-order valence-electron chi connectivity index (χ3n) is 5.18. The highest BCUT2D eigenvalue weighted by molar-refractivity contribution is 6.38. The van der Waals surface area contributed by atoms with Crippen LogP contribution in [0.4, 0.5) is 14.9 Å². The second-order valence-corrected chi connectivity index (χ2v) is 9.13. The van der Waals surface area contributed by atoms with Gasteiger partial charge in [0, 0.05) is 19.1 Å². The van der Waals surface area contributed by atoms with E-state index in [1.165, 1.54) is 4.57 Å². The summed E-state index contributed by atoms with van der Waals surface area (Å²) in [6, 6.07) is 0.935. The number of rotatable bonds is 3. The Morgan fingerprint density at radius 2 is 1.87 bits per heavy atom. The zero-order valence-corrected chi connectivity index (χ0v) is 17.9. The van der Waals surface area contributed by atoms with Crippen molar-refractivity contribution < 1.29 is 13.9 Å². The predicted octanol–water partition coefficient (Wildman–Crippen LogP) is 3.37. The quantitative estimate of drug-likeness (QED) is 0.794. The van der Waals surface area contributed by atoms with Gasteiger partial charge in [-0.3, -0.25) is 9.36 Å². The fourth-order valence-corrected chi connectivity index (χ4v) is 4.20. The number of nitrogens with zero attached hydrogens (tertiary/aromatic N) is 3. The molecule has 2 heterocycles. The van der Waals surface area contributed by atoms with Crippen LogP contribution in [0.25, 0.3) is 10.9 Å². The highest BCUT2D eigenvalue weighted by Crippen LogP contribution is 2.41. The molecule has 1 aromatic carbocycles. The first-order valence-electron chi connectivity index (χ1n) is 10.0. The van der Waals surface area contributed by atoms with Crippen molar-refractivity contribution in [2.45, 2.75) is 58.1 Å². The molecule has 0 bridgehead atoms. The molecule has 0 spiro atoms. The number of fused-ring (bicyclic) bond motifs is 1. The van der Waals surface area contributed by atoms with Gasteiger partial charge in [0.1, 0.15) is 11.4 Å². The minimum Gasteiger partial charge on any atom is -0.443 e. The Hall–Kier alpha value is -2.55. The number of ether oxygens (including phenoxy) is 1. The standard InChI is InChI=1S/C20H24ClFN4O4/c1-20(2,3)30-18(28)23-26-17(27)12-10-13(22)16(24-8-4-5-9-24)14(21)15(12)25(19(26)29)11-6-7-11/h10-11H,4-9H2,1-3H3,(H,23,28).